The summed E-state index contributed by atoms with van der Waals surface area (Å²) in [6.45, 7) is 3.47. The molecule has 0 unspecified atom stereocenters. The van der Waals surface area contributed by atoms with Crippen LogP contribution < -0.4 is 0 Å². The van der Waals surface area contributed by atoms with Gasteiger partial charge in [-0.1, -0.05) is 42.0 Å². The van der Waals surface area contributed by atoms with Gasteiger partial charge in [0.15, 0.2) is 6.61 Å². The lowest BCUT2D eigenvalue weighted by molar-refractivity contribution is -0.0258. The van der Waals surface area contributed by atoms with Crippen molar-refractivity contribution in [1.29, 1.82) is 0 Å². The van der Waals surface area contributed by atoms with Crippen LogP contribution in [0.5, 0.6) is 0 Å². The normalized spacial score (nSPS) is 11.5. The largest absolute Gasteiger partial charge is 0.454 e. The number of carbonyl (C=O) groups is 2. The standard InChI is InChI=1S/C21H24ClNO6S/c1-5-14-7-8-15(6-2)17(11-14)19(24)13-29-21(25)16-9-10-18(22)20(12-16)30(26,27)23(3)28-4/h7-12H,5-6,13H2,1-4H3. The van der Waals surface area contributed by atoms with E-state index < -0.39 is 22.6 Å². The SMILES string of the molecule is CCc1ccc(CC)c(C(=O)COC(=O)c2ccc(Cl)c(S(=O)(=O)N(C)OC)c2)c1. The van der Waals surface area contributed by atoms with Gasteiger partial charge in [-0.2, -0.15) is 0 Å². The third-order valence-electron chi connectivity index (χ3n) is 4.64. The minimum Gasteiger partial charge on any atom is -0.454 e. The first-order valence-corrected chi connectivity index (χ1v) is 11.1. The molecule has 0 fully saturated rings. The first-order valence-electron chi connectivity index (χ1n) is 9.30. The number of rotatable bonds is 9. The zero-order valence-electron chi connectivity index (χ0n) is 17.3. The Hall–Kier alpha value is -2.26. The molecule has 7 nitrogen and oxygen atoms in total. The van der Waals surface area contributed by atoms with Crippen LogP contribution in [0.15, 0.2) is 41.3 Å². The van der Waals surface area contributed by atoms with E-state index in [0.717, 1.165) is 23.6 Å². The van der Waals surface area contributed by atoms with E-state index in [2.05, 4.69) is 0 Å². The fraction of sp³-hybridized carbons (Fsp3) is 0.333. The Labute approximate surface area is 181 Å². The van der Waals surface area contributed by atoms with Crippen LogP contribution in [-0.4, -0.2) is 45.4 Å². The average molecular weight is 454 g/mol. The number of benzene rings is 2. The second kappa shape index (κ2) is 10.2. The van der Waals surface area contributed by atoms with Gasteiger partial charge >= 0.3 is 5.97 Å². The highest BCUT2D eigenvalue weighted by Crippen LogP contribution is 2.26. The highest BCUT2D eigenvalue weighted by Gasteiger charge is 2.26. The number of aryl methyl sites for hydroxylation is 2. The third-order valence-corrected chi connectivity index (χ3v) is 6.80. The van der Waals surface area contributed by atoms with Crippen molar-refractivity contribution in [2.24, 2.45) is 0 Å². The summed E-state index contributed by atoms with van der Waals surface area (Å²) < 4.78 is 30.7. The van der Waals surface area contributed by atoms with Gasteiger partial charge in [0.1, 0.15) is 4.90 Å². The van der Waals surface area contributed by atoms with Crippen molar-refractivity contribution < 1.29 is 27.6 Å². The summed E-state index contributed by atoms with van der Waals surface area (Å²) in [5.41, 5.74) is 2.35. The van der Waals surface area contributed by atoms with Gasteiger partial charge in [-0.15, -0.1) is 0 Å². The minimum atomic E-state index is -4.06. The summed E-state index contributed by atoms with van der Waals surface area (Å²) in [5.74, 6) is -1.15. The van der Waals surface area contributed by atoms with Crippen molar-refractivity contribution in [3.05, 3.63) is 63.7 Å². The molecule has 0 saturated heterocycles. The van der Waals surface area contributed by atoms with Gasteiger partial charge in [0.2, 0.25) is 5.78 Å². The molecule has 2 aromatic rings. The molecule has 2 rings (SSSR count). The number of ketones is 1. The van der Waals surface area contributed by atoms with E-state index in [4.69, 9.17) is 21.2 Å². The highest BCUT2D eigenvalue weighted by atomic mass is 35.5. The number of ether oxygens (including phenoxy) is 1. The second-order valence-corrected chi connectivity index (χ2v) is 8.75. The fourth-order valence-electron chi connectivity index (χ4n) is 2.77. The van der Waals surface area contributed by atoms with Crippen LogP contribution in [-0.2, 0) is 32.4 Å². The van der Waals surface area contributed by atoms with Gasteiger partial charge in [-0.25, -0.2) is 13.2 Å². The third kappa shape index (κ3) is 5.26. The molecule has 0 saturated carbocycles. The number of Topliss-reactive ketones (excluding diaryl/α,β-unsaturated/α-hetero) is 1. The van der Waals surface area contributed by atoms with Crippen LogP contribution in [0.2, 0.25) is 5.02 Å². The zero-order valence-corrected chi connectivity index (χ0v) is 18.8. The molecule has 0 aliphatic rings. The predicted octanol–water partition coefficient (Wildman–Crippen LogP) is 3.69. The number of esters is 1. The molecule has 0 aromatic heterocycles. The first kappa shape index (κ1) is 24.0. The summed E-state index contributed by atoms with van der Waals surface area (Å²) in [6, 6.07) is 9.37. The minimum absolute atomic E-state index is 0.0479. The lowest BCUT2D eigenvalue weighted by Crippen LogP contribution is -2.26. The molecule has 0 N–H and O–H groups in total. The molecule has 0 amide bonds. The predicted molar refractivity (Wildman–Crippen MR) is 113 cm³/mol. The van der Waals surface area contributed by atoms with E-state index in [1.165, 1.54) is 26.3 Å². The molecule has 30 heavy (non-hydrogen) atoms. The summed E-state index contributed by atoms with van der Waals surface area (Å²) in [5, 5.41) is -0.0736. The summed E-state index contributed by atoms with van der Waals surface area (Å²) in [6.07, 6.45) is 1.45. The number of hydroxylamine groups is 1. The number of nitrogens with zero attached hydrogens (tertiary/aromatic N) is 1. The van der Waals surface area contributed by atoms with Crippen LogP contribution >= 0.6 is 11.6 Å². The van der Waals surface area contributed by atoms with Crippen LogP contribution in [0.1, 0.15) is 45.7 Å². The Kier molecular flexibility index (Phi) is 8.14. The molecular weight excluding hydrogens is 430 g/mol. The Morgan fingerprint density at radius 3 is 2.37 bits per heavy atom. The van der Waals surface area contributed by atoms with E-state index in [1.807, 2.05) is 32.0 Å². The molecule has 0 heterocycles. The van der Waals surface area contributed by atoms with Crippen molar-refractivity contribution in [3.63, 3.8) is 0 Å². The molecule has 0 bridgehead atoms. The van der Waals surface area contributed by atoms with Crippen LogP contribution in [0, 0.1) is 0 Å². The quantitative estimate of drug-likeness (QED) is 0.327. The van der Waals surface area contributed by atoms with Crippen LogP contribution in [0.3, 0.4) is 0 Å². The van der Waals surface area contributed by atoms with E-state index in [-0.39, 0.29) is 21.3 Å². The lowest BCUT2D eigenvalue weighted by atomic mass is 9.98. The Morgan fingerprint density at radius 2 is 1.77 bits per heavy atom. The molecule has 0 spiro atoms. The maximum absolute atomic E-state index is 12.6. The molecule has 0 aliphatic carbocycles. The highest BCUT2D eigenvalue weighted by molar-refractivity contribution is 7.89. The second-order valence-electron chi connectivity index (χ2n) is 6.44. The van der Waals surface area contributed by atoms with E-state index in [1.54, 1.807) is 0 Å². The summed E-state index contributed by atoms with van der Waals surface area (Å²) in [4.78, 5) is 29.5. The van der Waals surface area contributed by atoms with Crippen molar-refractivity contribution in [1.82, 2.24) is 4.47 Å². The van der Waals surface area contributed by atoms with E-state index in [0.29, 0.717) is 16.5 Å². The number of hydrogen-bond donors (Lipinski definition) is 0. The number of carbonyl (C=O) groups excluding carboxylic acids is 2. The van der Waals surface area contributed by atoms with Gasteiger partial charge in [-0.3, -0.25) is 9.63 Å². The molecule has 9 heteroatoms. The summed E-state index contributed by atoms with van der Waals surface area (Å²) in [7, 11) is -1.68. The van der Waals surface area contributed by atoms with E-state index in [9.17, 15) is 18.0 Å². The van der Waals surface area contributed by atoms with Gasteiger partial charge < -0.3 is 4.74 Å². The Morgan fingerprint density at radius 1 is 1.07 bits per heavy atom. The lowest BCUT2D eigenvalue weighted by Gasteiger charge is -2.15. The molecule has 2 aromatic carbocycles. The monoisotopic (exact) mass is 453 g/mol. The van der Waals surface area contributed by atoms with Crippen molar-refractivity contribution in [3.8, 4) is 0 Å². The maximum Gasteiger partial charge on any atom is 0.338 e. The van der Waals surface area contributed by atoms with Crippen molar-refractivity contribution in [2.75, 3.05) is 20.8 Å². The maximum atomic E-state index is 12.6. The topological polar surface area (TPSA) is 90.0 Å². The number of hydrogen-bond acceptors (Lipinski definition) is 6. The van der Waals surface area contributed by atoms with Crippen molar-refractivity contribution >= 4 is 33.4 Å². The molecule has 162 valence electrons. The van der Waals surface area contributed by atoms with Gasteiger partial charge in [0.05, 0.1) is 17.7 Å². The molecular formula is C21H24ClNO6S. The molecule has 0 aliphatic heterocycles. The van der Waals surface area contributed by atoms with Gasteiger partial charge in [0, 0.05) is 12.6 Å². The molecule has 0 atom stereocenters. The van der Waals surface area contributed by atoms with Crippen LogP contribution in [0.4, 0.5) is 0 Å². The van der Waals surface area contributed by atoms with Gasteiger partial charge in [-0.05, 0) is 48.2 Å². The van der Waals surface area contributed by atoms with Crippen molar-refractivity contribution in [2.45, 2.75) is 31.6 Å². The fourth-order valence-corrected chi connectivity index (χ4v) is 4.24. The number of sulfonamides is 1. The van der Waals surface area contributed by atoms with E-state index >= 15 is 0 Å². The average Bonchev–Trinajstić information content (AvgIpc) is 2.76. The summed E-state index contributed by atoms with van der Waals surface area (Å²) >= 11 is 5.99. The smallest absolute Gasteiger partial charge is 0.338 e. The Bertz CT molecular complexity index is 1050. The van der Waals surface area contributed by atoms with Crippen LogP contribution in [0.25, 0.3) is 0 Å². The van der Waals surface area contributed by atoms with Gasteiger partial charge in [0.25, 0.3) is 10.0 Å². The molecule has 0 radical (unpaired) electrons. The first-order chi connectivity index (χ1) is 14.1. The number of halogens is 1. The Balaban J connectivity index is 2.22. The zero-order chi connectivity index (χ0) is 22.5.